The lowest BCUT2D eigenvalue weighted by molar-refractivity contribution is -0.139. The number of nitrogens with one attached hydrogen (secondary N) is 1. The molecule has 38 heavy (non-hydrogen) atoms. The summed E-state index contributed by atoms with van der Waals surface area (Å²) in [5, 5.41) is 2.86. The highest BCUT2D eigenvalue weighted by molar-refractivity contribution is 7.89. The van der Waals surface area contributed by atoms with E-state index < -0.39 is 27.9 Å². The molecule has 0 radical (unpaired) electrons. The minimum atomic E-state index is -3.66. The first-order valence-electron chi connectivity index (χ1n) is 12.7. The molecule has 2 aliphatic heterocycles. The monoisotopic (exact) mass is 544 g/mol. The molecule has 0 unspecified atom stereocenters. The molecule has 1 N–H and O–H groups in total. The molecule has 0 aromatic heterocycles. The van der Waals surface area contributed by atoms with Gasteiger partial charge in [-0.1, -0.05) is 30.3 Å². The van der Waals surface area contributed by atoms with E-state index in [1.54, 1.807) is 37.3 Å². The number of likely N-dealkylation sites (N-methyl/N-ethyl adjacent to an activating group) is 1. The van der Waals surface area contributed by atoms with Crippen molar-refractivity contribution < 1.29 is 27.1 Å². The van der Waals surface area contributed by atoms with Crippen molar-refractivity contribution in [3.8, 4) is 0 Å². The molecule has 1 fully saturated rings. The summed E-state index contributed by atoms with van der Waals surface area (Å²) in [5.41, 5.74) is 1.34. The standard InChI is InChI=1S/C27H33FN4O5S/c1-4-31-23(18-30-15-16-32(19(3)17-30)38(35,36)22-9-7-6-8-10-22)24(26(33)37-5-2)25(29-27(31)34)20-11-13-21(28)14-12-20/h6-14,19,25H,4-5,15-18H2,1-3H3,(H,29,34)/t19-,25-/m0/s1. The molecule has 0 bridgehead atoms. The summed E-state index contributed by atoms with van der Waals surface area (Å²) < 4.78 is 46.9. The van der Waals surface area contributed by atoms with Crippen LogP contribution in [0.1, 0.15) is 32.4 Å². The number of hydrogen-bond donors (Lipinski definition) is 1. The fraction of sp³-hybridized carbons (Fsp3) is 0.407. The second kappa shape index (κ2) is 11.6. The average molecular weight is 545 g/mol. The van der Waals surface area contributed by atoms with E-state index in [2.05, 4.69) is 5.32 Å². The Morgan fingerprint density at radius 3 is 2.37 bits per heavy atom. The molecule has 0 spiro atoms. The number of carbonyl (C=O) groups excluding carboxylic acids is 2. The predicted octanol–water partition coefficient (Wildman–Crippen LogP) is 3.12. The van der Waals surface area contributed by atoms with Crippen LogP contribution in [0.5, 0.6) is 0 Å². The number of halogens is 1. The smallest absolute Gasteiger partial charge is 0.338 e. The largest absolute Gasteiger partial charge is 0.463 e. The van der Waals surface area contributed by atoms with Gasteiger partial charge in [0.25, 0.3) is 0 Å². The van der Waals surface area contributed by atoms with Gasteiger partial charge in [0.05, 0.1) is 23.1 Å². The van der Waals surface area contributed by atoms with Crippen LogP contribution < -0.4 is 5.32 Å². The zero-order valence-electron chi connectivity index (χ0n) is 21.8. The van der Waals surface area contributed by atoms with Crippen LogP contribution in [0.2, 0.25) is 0 Å². The van der Waals surface area contributed by atoms with Crippen LogP contribution >= 0.6 is 0 Å². The Kier molecular flexibility index (Phi) is 8.49. The molecule has 2 atom stereocenters. The summed E-state index contributed by atoms with van der Waals surface area (Å²) in [5.74, 6) is -0.987. The Balaban J connectivity index is 1.65. The Hall–Kier alpha value is -3.28. The summed E-state index contributed by atoms with van der Waals surface area (Å²) in [6, 6.07) is 12.5. The quantitative estimate of drug-likeness (QED) is 0.513. The van der Waals surface area contributed by atoms with Crippen LogP contribution in [0.4, 0.5) is 9.18 Å². The van der Waals surface area contributed by atoms with Crippen molar-refractivity contribution in [2.45, 2.75) is 37.8 Å². The first-order chi connectivity index (χ1) is 18.2. The Morgan fingerprint density at radius 1 is 1.08 bits per heavy atom. The molecule has 2 aromatic carbocycles. The summed E-state index contributed by atoms with van der Waals surface area (Å²) in [6.45, 7) is 7.17. The van der Waals surface area contributed by atoms with Crippen LogP contribution in [0.25, 0.3) is 0 Å². The number of piperazine rings is 1. The van der Waals surface area contributed by atoms with Gasteiger partial charge in [-0.2, -0.15) is 4.31 Å². The molecular formula is C27H33FN4O5S. The third-order valence-electron chi connectivity index (χ3n) is 6.83. The first-order valence-corrected chi connectivity index (χ1v) is 14.1. The highest BCUT2D eigenvalue weighted by atomic mass is 32.2. The van der Waals surface area contributed by atoms with E-state index in [1.165, 1.54) is 33.5 Å². The molecular weight excluding hydrogens is 511 g/mol. The molecule has 9 nitrogen and oxygen atoms in total. The third-order valence-corrected chi connectivity index (χ3v) is 8.85. The van der Waals surface area contributed by atoms with Crippen molar-refractivity contribution in [1.29, 1.82) is 0 Å². The van der Waals surface area contributed by atoms with Crippen LogP contribution in [0, 0.1) is 5.82 Å². The van der Waals surface area contributed by atoms with E-state index in [9.17, 15) is 22.4 Å². The number of nitrogens with zero attached hydrogens (tertiary/aromatic N) is 3. The highest BCUT2D eigenvalue weighted by Gasteiger charge is 2.40. The number of ether oxygens (including phenoxy) is 1. The normalized spacial score (nSPS) is 21.4. The number of benzene rings is 2. The van der Waals surface area contributed by atoms with Crippen molar-refractivity contribution in [2.75, 3.05) is 39.3 Å². The van der Waals surface area contributed by atoms with Crippen LogP contribution in [0.15, 0.2) is 70.8 Å². The summed E-state index contributed by atoms with van der Waals surface area (Å²) >= 11 is 0. The molecule has 2 aliphatic rings. The number of urea groups is 1. The van der Waals surface area contributed by atoms with E-state index >= 15 is 0 Å². The Bertz CT molecular complexity index is 1300. The Morgan fingerprint density at radius 2 is 1.76 bits per heavy atom. The molecule has 204 valence electrons. The van der Waals surface area contributed by atoms with Gasteiger partial charge in [0.2, 0.25) is 10.0 Å². The fourth-order valence-electron chi connectivity index (χ4n) is 5.02. The number of hydrogen-bond acceptors (Lipinski definition) is 6. The zero-order valence-corrected chi connectivity index (χ0v) is 22.6. The molecule has 0 saturated carbocycles. The maximum atomic E-state index is 13.6. The number of amides is 2. The number of rotatable bonds is 8. The van der Waals surface area contributed by atoms with Crippen molar-refractivity contribution in [3.63, 3.8) is 0 Å². The highest BCUT2D eigenvalue weighted by Crippen LogP contribution is 2.33. The second-order valence-electron chi connectivity index (χ2n) is 9.27. The van der Waals surface area contributed by atoms with E-state index in [1.807, 2.05) is 18.7 Å². The van der Waals surface area contributed by atoms with Gasteiger partial charge in [0, 0.05) is 44.5 Å². The number of esters is 1. The van der Waals surface area contributed by atoms with Crippen molar-refractivity contribution >= 4 is 22.0 Å². The van der Waals surface area contributed by atoms with E-state index in [0.717, 1.165) is 0 Å². The second-order valence-corrected chi connectivity index (χ2v) is 11.2. The lowest BCUT2D eigenvalue weighted by Gasteiger charge is -2.42. The van der Waals surface area contributed by atoms with Crippen molar-refractivity contribution in [2.24, 2.45) is 0 Å². The summed E-state index contributed by atoms with van der Waals surface area (Å²) in [4.78, 5) is 30.1. The van der Waals surface area contributed by atoms with Gasteiger partial charge < -0.3 is 10.1 Å². The molecule has 4 rings (SSSR count). The topological polar surface area (TPSA) is 99.3 Å². The third kappa shape index (κ3) is 5.59. The maximum Gasteiger partial charge on any atom is 0.338 e. The van der Waals surface area contributed by atoms with Crippen molar-refractivity contribution in [1.82, 2.24) is 19.4 Å². The molecule has 2 amide bonds. The maximum absolute atomic E-state index is 13.6. The van der Waals surface area contributed by atoms with Gasteiger partial charge in [-0.25, -0.2) is 22.4 Å². The van der Waals surface area contributed by atoms with Crippen molar-refractivity contribution in [3.05, 3.63) is 77.2 Å². The van der Waals surface area contributed by atoms with Gasteiger partial charge in [-0.05, 0) is 50.6 Å². The minimum Gasteiger partial charge on any atom is -0.463 e. The van der Waals surface area contributed by atoms with E-state index in [0.29, 0.717) is 30.9 Å². The number of sulfonamides is 1. The van der Waals surface area contributed by atoms with Gasteiger partial charge in [0.15, 0.2) is 0 Å². The molecule has 1 saturated heterocycles. The van der Waals surface area contributed by atoms with Crippen LogP contribution in [-0.4, -0.2) is 79.9 Å². The summed E-state index contributed by atoms with van der Waals surface area (Å²) in [7, 11) is -3.66. The minimum absolute atomic E-state index is 0.152. The van der Waals surface area contributed by atoms with Crippen LogP contribution in [0.3, 0.4) is 0 Å². The number of carbonyl (C=O) groups is 2. The average Bonchev–Trinajstić information content (AvgIpc) is 2.89. The van der Waals surface area contributed by atoms with Gasteiger partial charge in [-0.15, -0.1) is 0 Å². The van der Waals surface area contributed by atoms with Crippen LogP contribution in [-0.2, 0) is 19.6 Å². The summed E-state index contributed by atoms with van der Waals surface area (Å²) in [6.07, 6.45) is 0. The van der Waals surface area contributed by atoms with Gasteiger partial charge >= 0.3 is 12.0 Å². The fourth-order valence-corrected chi connectivity index (χ4v) is 6.65. The molecule has 11 heteroatoms. The molecule has 2 heterocycles. The lowest BCUT2D eigenvalue weighted by atomic mass is 9.94. The zero-order chi connectivity index (χ0) is 27.4. The Labute approximate surface area is 222 Å². The van der Waals surface area contributed by atoms with E-state index in [-0.39, 0.29) is 42.2 Å². The molecule has 0 aliphatic carbocycles. The van der Waals surface area contributed by atoms with Gasteiger partial charge in [-0.3, -0.25) is 9.80 Å². The SMILES string of the molecule is CCOC(=O)C1=C(CN2CCN(S(=O)(=O)c3ccccc3)[C@@H](C)C2)N(CC)C(=O)N[C@H]1c1ccc(F)cc1. The predicted molar refractivity (Wildman–Crippen MR) is 140 cm³/mol. The molecule has 2 aromatic rings. The van der Waals surface area contributed by atoms with Gasteiger partial charge in [0.1, 0.15) is 5.82 Å². The lowest BCUT2D eigenvalue weighted by Crippen LogP contribution is -2.56. The van der Waals surface area contributed by atoms with E-state index in [4.69, 9.17) is 4.74 Å². The first kappa shape index (κ1) is 27.7.